The summed E-state index contributed by atoms with van der Waals surface area (Å²) in [4.78, 5) is 25.3. The molecule has 4 nitrogen and oxygen atoms in total. The molecule has 42 heavy (non-hydrogen) atoms. The van der Waals surface area contributed by atoms with E-state index in [1.807, 2.05) is 0 Å². The molecule has 0 bridgehead atoms. The normalized spacial score (nSPS) is 46.0. The Morgan fingerprint density at radius 3 is 2.19 bits per heavy atom. The highest BCUT2D eigenvalue weighted by Gasteiger charge is 2.68. The van der Waals surface area contributed by atoms with Gasteiger partial charge in [0.25, 0.3) is 0 Å². The average Bonchev–Trinajstić information content (AvgIpc) is 3.34. The summed E-state index contributed by atoms with van der Waals surface area (Å²) in [5, 5.41) is 0. The predicted molar refractivity (Wildman–Crippen MR) is 168 cm³/mol. The van der Waals surface area contributed by atoms with E-state index >= 15 is 0 Å². The van der Waals surface area contributed by atoms with Crippen LogP contribution in [0.3, 0.4) is 0 Å². The van der Waals surface area contributed by atoms with Gasteiger partial charge in [-0.05, 0) is 129 Å². The molecular formula is C38H60O4. The van der Waals surface area contributed by atoms with E-state index in [4.69, 9.17) is 15.9 Å². The summed E-state index contributed by atoms with van der Waals surface area (Å²) < 4.78 is 11.2. The van der Waals surface area contributed by atoms with Crippen LogP contribution in [-0.4, -0.2) is 25.2 Å². The highest BCUT2D eigenvalue weighted by atomic mass is 16.5. The highest BCUT2D eigenvalue weighted by molar-refractivity contribution is 5.82. The number of methoxy groups -OCH3 is 1. The van der Waals surface area contributed by atoms with Crippen LogP contribution in [0.1, 0.15) is 120 Å². The number of carbonyl (C=O) groups excluding carboxylic acids is 2. The molecule has 0 saturated heterocycles. The zero-order valence-corrected chi connectivity index (χ0v) is 28.4. The number of hydrogen-bond donors (Lipinski definition) is 0. The van der Waals surface area contributed by atoms with Crippen molar-refractivity contribution in [1.29, 1.82) is 0 Å². The van der Waals surface area contributed by atoms with E-state index in [1.165, 1.54) is 45.6 Å². The van der Waals surface area contributed by atoms with Crippen LogP contribution < -0.4 is 0 Å². The minimum atomic E-state index is -0.885. The molecule has 12 atom stereocenters. The lowest BCUT2D eigenvalue weighted by molar-refractivity contribution is -0.229. The van der Waals surface area contributed by atoms with Crippen molar-refractivity contribution in [3.63, 3.8) is 0 Å². The first-order valence-corrected chi connectivity index (χ1v) is 17.3. The van der Waals surface area contributed by atoms with Crippen LogP contribution in [0.2, 0.25) is 0 Å². The van der Waals surface area contributed by atoms with Gasteiger partial charge in [-0.2, -0.15) is 0 Å². The first kappa shape index (κ1) is 31.9. The fourth-order valence-electron chi connectivity index (χ4n) is 13.0. The van der Waals surface area contributed by atoms with Gasteiger partial charge in [-0.1, -0.05) is 48.5 Å². The molecule has 0 N–H and O–H groups in total. The van der Waals surface area contributed by atoms with Crippen LogP contribution in [0.5, 0.6) is 0 Å². The Morgan fingerprint density at radius 2 is 1.57 bits per heavy atom. The van der Waals surface area contributed by atoms with Gasteiger partial charge in [0.1, 0.15) is 6.10 Å². The van der Waals surface area contributed by atoms with Crippen molar-refractivity contribution in [2.75, 3.05) is 7.11 Å². The summed E-state index contributed by atoms with van der Waals surface area (Å²) >= 11 is 0. The molecule has 236 valence electrons. The molecule has 5 saturated carbocycles. The smallest absolute Gasteiger partial charge is 0.311 e. The van der Waals surface area contributed by atoms with Crippen LogP contribution in [0.25, 0.3) is 0 Å². The maximum Gasteiger partial charge on any atom is 0.311 e. The van der Waals surface area contributed by atoms with Crippen molar-refractivity contribution in [2.45, 2.75) is 126 Å². The molecule has 0 amide bonds. The summed E-state index contributed by atoms with van der Waals surface area (Å²) in [6.45, 7) is 20.9. The fraction of sp³-hybridized carbons (Fsp3) is 0.895. The van der Waals surface area contributed by atoms with E-state index in [-0.39, 0.29) is 35.3 Å². The zero-order valence-electron chi connectivity index (χ0n) is 28.4. The lowest BCUT2D eigenvalue weighted by atomic mass is 9.35. The van der Waals surface area contributed by atoms with Gasteiger partial charge in [-0.25, -0.2) is 0 Å². The Labute approximate surface area is 257 Å². The topological polar surface area (TPSA) is 52.6 Å². The van der Waals surface area contributed by atoms with Gasteiger partial charge >= 0.3 is 11.9 Å². The Hall–Kier alpha value is -1.50. The summed E-state index contributed by atoms with van der Waals surface area (Å²) in [6.07, 6.45) is 16.1. The Bertz CT molecular complexity index is 1100. The van der Waals surface area contributed by atoms with Gasteiger partial charge in [0.05, 0.1) is 18.9 Å². The van der Waals surface area contributed by atoms with E-state index in [0.29, 0.717) is 35.0 Å². The summed E-state index contributed by atoms with van der Waals surface area (Å²) in [6, 6.07) is 0. The number of rotatable bonds is 5. The lowest BCUT2D eigenvalue weighted by Crippen LogP contribution is -2.64. The molecule has 0 aromatic heterocycles. The number of terminal acetylenes is 1. The maximum atomic E-state index is 13.1. The van der Waals surface area contributed by atoms with E-state index < -0.39 is 5.41 Å². The lowest BCUT2D eigenvalue weighted by Gasteiger charge is -2.70. The van der Waals surface area contributed by atoms with Crippen molar-refractivity contribution < 1.29 is 19.1 Å². The molecule has 0 radical (unpaired) electrons. The SMILES string of the molecule is C#C[C@@H]1C2CC[C@@H](C(C)C)C2C2CCC3[C@@](C)(CCC4C(C)(C)[C@@H](OC(=O)CC(C)(C)C(=O)OC)CC[C@@]43C)C2[C@H]1C. The van der Waals surface area contributed by atoms with Gasteiger partial charge in [0.15, 0.2) is 0 Å². The monoisotopic (exact) mass is 580 g/mol. The van der Waals surface area contributed by atoms with E-state index in [1.54, 1.807) is 13.8 Å². The van der Waals surface area contributed by atoms with Gasteiger partial charge in [-0.3, -0.25) is 9.59 Å². The molecule has 0 aromatic rings. The zero-order chi connectivity index (χ0) is 31.0. The third-order valence-corrected chi connectivity index (χ3v) is 14.6. The van der Waals surface area contributed by atoms with Gasteiger partial charge in [-0.15, -0.1) is 12.3 Å². The second-order valence-corrected chi connectivity index (χ2v) is 17.6. The van der Waals surface area contributed by atoms with Crippen LogP contribution in [-0.2, 0) is 19.1 Å². The average molecular weight is 581 g/mol. The second kappa shape index (κ2) is 10.8. The van der Waals surface area contributed by atoms with Crippen molar-refractivity contribution in [2.24, 2.45) is 80.8 Å². The molecule has 6 unspecified atom stereocenters. The number of ether oxygens (including phenoxy) is 2. The maximum absolute atomic E-state index is 13.1. The quantitative estimate of drug-likeness (QED) is 0.241. The van der Waals surface area contributed by atoms with Crippen LogP contribution in [0.4, 0.5) is 0 Å². The van der Waals surface area contributed by atoms with Gasteiger partial charge in [0, 0.05) is 11.3 Å². The molecule has 5 aliphatic carbocycles. The van der Waals surface area contributed by atoms with Crippen LogP contribution in [0.15, 0.2) is 0 Å². The number of hydrogen-bond acceptors (Lipinski definition) is 4. The predicted octanol–water partition coefficient (Wildman–Crippen LogP) is 8.57. The number of carbonyl (C=O) groups is 2. The minimum Gasteiger partial charge on any atom is -0.469 e. The van der Waals surface area contributed by atoms with Crippen LogP contribution in [0, 0.1) is 93.2 Å². The van der Waals surface area contributed by atoms with E-state index in [0.717, 1.165) is 42.4 Å². The van der Waals surface area contributed by atoms with Crippen molar-refractivity contribution in [3.8, 4) is 12.3 Å². The molecule has 5 fully saturated rings. The summed E-state index contributed by atoms with van der Waals surface area (Å²) in [5.74, 6) is 9.52. The minimum absolute atomic E-state index is 0.0473. The van der Waals surface area contributed by atoms with Crippen molar-refractivity contribution in [1.82, 2.24) is 0 Å². The van der Waals surface area contributed by atoms with Crippen LogP contribution >= 0.6 is 0 Å². The molecule has 0 aromatic carbocycles. The molecule has 5 aliphatic rings. The fourth-order valence-corrected chi connectivity index (χ4v) is 13.0. The first-order chi connectivity index (χ1) is 19.5. The van der Waals surface area contributed by atoms with Crippen molar-refractivity contribution >= 4 is 11.9 Å². The Balaban J connectivity index is 1.40. The first-order valence-electron chi connectivity index (χ1n) is 17.3. The van der Waals surface area contributed by atoms with Gasteiger partial charge in [0.2, 0.25) is 0 Å². The van der Waals surface area contributed by atoms with Crippen molar-refractivity contribution in [3.05, 3.63) is 0 Å². The second-order valence-electron chi connectivity index (χ2n) is 17.6. The summed E-state index contributed by atoms with van der Waals surface area (Å²) in [7, 11) is 1.38. The third kappa shape index (κ3) is 4.68. The molecule has 5 rings (SSSR count). The van der Waals surface area contributed by atoms with Gasteiger partial charge < -0.3 is 9.47 Å². The number of fused-ring (bicyclic) bond motifs is 7. The molecule has 4 heteroatoms. The molecule has 0 spiro atoms. The molecular weight excluding hydrogens is 520 g/mol. The van der Waals surface area contributed by atoms with E-state index in [2.05, 4.69) is 54.4 Å². The Morgan fingerprint density at radius 1 is 0.929 bits per heavy atom. The molecule has 0 aliphatic heterocycles. The third-order valence-electron chi connectivity index (χ3n) is 14.6. The largest absolute Gasteiger partial charge is 0.469 e. The number of esters is 2. The highest BCUT2D eigenvalue weighted by Crippen LogP contribution is 2.73. The Kier molecular flexibility index (Phi) is 8.23. The molecule has 0 heterocycles. The van der Waals surface area contributed by atoms with E-state index in [9.17, 15) is 9.59 Å². The summed E-state index contributed by atoms with van der Waals surface area (Å²) in [5.41, 5.74) is -0.466. The standard InChI is InChI=1S/C38H60O4/c1-12-24-23(4)33-27(32-25(22(2)3)13-14-26(24)32)15-16-29-37(9)20-18-30(36(7,8)28(37)17-19-38(29,33)10)42-31(39)21-35(5,6)34(40)41-11/h1,22-30,32-33H,13-21H2,2-11H3/t23-,24-,25-,26?,27?,28?,29?,30-,32?,33?,37-,38+/m0/s1.